The molecule has 5 heteroatoms. The lowest BCUT2D eigenvalue weighted by atomic mass is 10.1. The van der Waals surface area contributed by atoms with E-state index in [0.717, 1.165) is 23.9 Å². The lowest BCUT2D eigenvalue weighted by molar-refractivity contribution is -0.127. The third-order valence-electron chi connectivity index (χ3n) is 3.94. The van der Waals surface area contributed by atoms with Crippen molar-refractivity contribution in [2.75, 3.05) is 6.54 Å². The fourth-order valence-electron chi connectivity index (χ4n) is 2.76. The molecule has 110 valence electrons. The molecule has 2 N–H and O–H groups in total. The smallest absolute Gasteiger partial charge is 0.251 e. The van der Waals surface area contributed by atoms with Gasteiger partial charge in [0.25, 0.3) is 5.91 Å². The van der Waals surface area contributed by atoms with Gasteiger partial charge < -0.3 is 10.3 Å². The van der Waals surface area contributed by atoms with Crippen LogP contribution in [0.4, 0.5) is 0 Å². The summed E-state index contributed by atoms with van der Waals surface area (Å²) in [6.45, 7) is 2.83. The molecule has 1 aromatic heterocycles. The van der Waals surface area contributed by atoms with Crippen molar-refractivity contribution in [1.29, 1.82) is 0 Å². The Morgan fingerprint density at radius 1 is 1.33 bits per heavy atom. The molecule has 0 aliphatic carbocycles. The minimum Gasteiger partial charge on any atom is -0.361 e. The van der Waals surface area contributed by atoms with Gasteiger partial charge in [-0.3, -0.25) is 9.69 Å². The lowest BCUT2D eigenvalue weighted by Crippen LogP contribution is -2.33. The van der Waals surface area contributed by atoms with Gasteiger partial charge in [-0.05, 0) is 30.3 Å². The monoisotopic (exact) mass is 301 g/mol. The second-order valence-electron chi connectivity index (χ2n) is 5.41. The number of carbonyl (C=O) groups excluding carboxylic acids is 1. The van der Waals surface area contributed by atoms with Crippen molar-refractivity contribution in [3.05, 3.63) is 36.0 Å². The Balaban J connectivity index is 1.76. The van der Waals surface area contributed by atoms with E-state index in [0.29, 0.717) is 18.1 Å². The highest BCUT2D eigenvalue weighted by Crippen LogP contribution is 2.21. The SMILES string of the molecule is CCCCN1C(=O)[C@H](Cc2c[nH]c3ccccc23)NC1=S. The summed E-state index contributed by atoms with van der Waals surface area (Å²) in [4.78, 5) is 17.4. The number of thiocarbonyl (C=S) groups is 1. The van der Waals surface area contributed by atoms with E-state index >= 15 is 0 Å². The van der Waals surface area contributed by atoms with Crippen LogP contribution in [0.1, 0.15) is 25.3 Å². The molecule has 1 aliphatic heterocycles. The molecule has 4 nitrogen and oxygen atoms in total. The number of benzene rings is 1. The molecular formula is C16H19N3OS. The number of unbranched alkanes of at least 4 members (excludes halogenated alkanes) is 1. The van der Waals surface area contributed by atoms with Crippen LogP contribution in [-0.4, -0.2) is 33.5 Å². The van der Waals surface area contributed by atoms with Crippen molar-refractivity contribution in [1.82, 2.24) is 15.2 Å². The first-order valence-electron chi connectivity index (χ1n) is 7.37. The molecular weight excluding hydrogens is 282 g/mol. The molecule has 1 fully saturated rings. The van der Waals surface area contributed by atoms with Gasteiger partial charge in [-0.15, -0.1) is 0 Å². The first-order valence-corrected chi connectivity index (χ1v) is 7.78. The number of H-pyrrole nitrogens is 1. The predicted octanol–water partition coefficient (Wildman–Crippen LogP) is 2.60. The number of carbonyl (C=O) groups is 1. The Hall–Kier alpha value is -1.88. The number of rotatable bonds is 5. The second-order valence-corrected chi connectivity index (χ2v) is 5.80. The Kier molecular flexibility index (Phi) is 3.92. The molecule has 0 radical (unpaired) electrons. The largest absolute Gasteiger partial charge is 0.361 e. The quantitative estimate of drug-likeness (QED) is 0.835. The van der Waals surface area contributed by atoms with Crippen LogP contribution < -0.4 is 5.32 Å². The first kappa shape index (κ1) is 14.1. The highest BCUT2D eigenvalue weighted by atomic mass is 32.1. The van der Waals surface area contributed by atoms with Crippen LogP contribution in [0.3, 0.4) is 0 Å². The molecule has 0 bridgehead atoms. The average molecular weight is 301 g/mol. The van der Waals surface area contributed by atoms with Gasteiger partial charge in [0.15, 0.2) is 5.11 Å². The minimum absolute atomic E-state index is 0.0960. The molecule has 1 saturated heterocycles. The molecule has 1 atom stereocenters. The molecule has 0 saturated carbocycles. The zero-order chi connectivity index (χ0) is 14.8. The van der Waals surface area contributed by atoms with E-state index in [-0.39, 0.29) is 11.9 Å². The van der Waals surface area contributed by atoms with E-state index in [2.05, 4.69) is 23.3 Å². The maximum absolute atomic E-state index is 12.4. The molecule has 3 rings (SSSR count). The number of nitrogens with one attached hydrogen (secondary N) is 2. The van der Waals surface area contributed by atoms with Gasteiger partial charge >= 0.3 is 0 Å². The summed E-state index contributed by atoms with van der Waals surface area (Å²) in [5.74, 6) is 0.0960. The summed E-state index contributed by atoms with van der Waals surface area (Å²) in [6.07, 6.45) is 4.68. The van der Waals surface area contributed by atoms with Crippen LogP contribution in [0, 0.1) is 0 Å². The summed E-state index contributed by atoms with van der Waals surface area (Å²) in [5, 5.41) is 4.90. The van der Waals surface area contributed by atoms with Crippen LogP contribution in [0.2, 0.25) is 0 Å². The van der Waals surface area contributed by atoms with E-state index in [1.54, 1.807) is 4.90 Å². The zero-order valence-corrected chi connectivity index (χ0v) is 12.9. The first-order chi connectivity index (χ1) is 10.2. The standard InChI is InChI=1S/C16H19N3OS/c1-2-3-8-19-15(20)14(18-16(19)21)9-11-10-17-13-7-5-4-6-12(11)13/h4-7,10,14,17H,2-3,8-9H2,1H3,(H,18,21)/t14-/m0/s1. The fraction of sp³-hybridized carbons (Fsp3) is 0.375. The third-order valence-corrected chi connectivity index (χ3v) is 4.28. The van der Waals surface area contributed by atoms with Crippen LogP contribution >= 0.6 is 12.2 Å². The van der Waals surface area contributed by atoms with Crippen molar-refractivity contribution in [3.63, 3.8) is 0 Å². The highest BCUT2D eigenvalue weighted by Gasteiger charge is 2.35. The maximum Gasteiger partial charge on any atom is 0.251 e. The van der Waals surface area contributed by atoms with E-state index in [9.17, 15) is 4.79 Å². The molecule has 1 aliphatic rings. The molecule has 1 aromatic carbocycles. The summed E-state index contributed by atoms with van der Waals surface area (Å²) in [5.41, 5.74) is 2.25. The van der Waals surface area contributed by atoms with Crippen LogP contribution in [0.15, 0.2) is 30.5 Å². The molecule has 2 heterocycles. The van der Waals surface area contributed by atoms with Crippen molar-refractivity contribution in [3.8, 4) is 0 Å². The molecule has 0 spiro atoms. The van der Waals surface area contributed by atoms with Crippen molar-refractivity contribution < 1.29 is 4.79 Å². The lowest BCUT2D eigenvalue weighted by Gasteiger charge is -2.13. The highest BCUT2D eigenvalue weighted by molar-refractivity contribution is 7.80. The summed E-state index contributed by atoms with van der Waals surface area (Å²) in [7, 11) is 0. The van der Waals surface area contributed by atoms with Crippen LogP contribution in [0.5, 0.6) is 0 Å². The minimum atomic E-state index is -0.242. The van der Waals surface area contributed by atoms with Gasteiger partial charge in [0.1, 0.15) is 6.04 Å². The van der Waals surface area contributed by atoms with E-state index in [1.165, 1.54) is 5.39 Å². The van der Waals surface area contributed by atoms with Gasteiger partial charge in [0, 0.05) is 30.1 Å². The Morgan fingerprint density at radius 2 is 2.14 bits per heavy atom. The number of aromatic nitrogens is 1. The average Bonchev–Trinajstić information content (AvgIpc) is 3.01. The predicted molar refractivity (Wildman–Crippen MR) is 88.1 cm³/mol. The van der Waals surface area contributed by atoms with Gasteiger partial charge in [-0.1, -0.05) is 31.5 Å². The second kappa shape index (κ2) is 5.85. The van der Waals surface area contributed by atoms with Gasteiger partial charge in [0.05, 0.1) is 0 Å². The third kappa shape index (κ3) is 2.65. The summed E-state index contributed by atoms with van der Waals surface area (Å²) in [6, 6.07) is 7.90. The van der Waals surface area contributed by atoms with Crippen LogP contribution in [0.25, 0.3) is 10.9 Å². The molecule has 2 aromatic rings. The van der Waals surface area contributed by atoms with Crippen molar-refractivity contribution >= 4 is 34.1 Å². The van der Waals surface area contributed by atoms with Crippen molar-refractivity contribution in [2.24, 2.45) is 0 Å². The van der Waals surface area contributed by atoms with Gasteiger partial charge in [-0.2, -0.15) is 0 Å². The maximum atomic E-state index is 12.4. The number of hydrogen-bond acceptors (Lipinski definition) is 2. The number of nitrogens with zero attached hydrogens (tertiary/aromatic N) is 1. The van der Waals surface area contributed by atoms with Gasteiger partial charge in [-0.25, -0.2) is 0 Å². The summed E-state index contributed by atoms with van der Waals surface area (Å²) >= 11 is 5.29. The normalized spacial score (nSPS) is 18.5. The van der Waals surface area contributed by atoms with E-state index in [4.69, 9.17) is 12.2 Å². The zero-order valence-electron chi connectivity index (χ0n) is 12.1. The number of hydrogen-bond donors (Lipinski definition) is 2. The van der Waals surface area contributed by atoms with Gasteiger partial charge in [0.2, 0.25) is 0 Å². The fourth-order valence-corrected chi connectivity index (χ4v) is 3.09. The van der Waals surface area contributed by atoms with E-state index < -0.39 is 0 Å². The Morgan fingerprint density at radius 3 is 2.95 bits per heavy atom. The number of fused-ring (bicyclic) bond motifs is 1. The molecule has 0 unspecified atom stereocenters. The Labute approximate surface area is 129 Å². The summed E-state index contributed by atoms with van der Waals surface area (Å²) < 4.78 is 0. The van der Waals surface area contributed by atoms with Crippen molar-refractivity contribution in [2.45, 2.75) is 32.2 Å². The topological polar surface area (TPSA) is 48.1 Å². The number of para-hydroxylation sites is 1. The molecule has 21 heavy (non-hydrogen) atoms. The molecule has 1 amide bonds. The van der Waals surface area contributed by atoms with Crippen LogP contribution in [-0.2, 0) is 11.2 Å². The number of amides is 1. The number of aromatic amines is 1. The van der Waals surface area contributed by atoms with E-state index in [1.807, 2.05) is 24.4 Å². The Bertz CT molecular complexity index is 679.